The predicted molar refractivity (Wildman–Crippen MR) is 87.8 cm³/mol. The summed E-state index contributed by atoms with van der Waals surface area (Å²) >= 11 is 0. The van der Waals surface area contributed by atoms with Crippen LogP contribution in [0.1, 0.15) is 25.0 Å². The van der Waals surface area contributed by atoms with Gasteiger partial charge in [-0.05, 0) is 31.0 Å². The van der Waals surface area contributed by atoms with Crippen LogP contribution in [0.15, 0.2) is 23.1 Å². The molecule has 8 heteroatoms. The first-order valence-corrected chi connectivity index (χ1v) is 10.3. The minimum atomic E-state index is -3.71. The molecule has 0 unspecified atom stereocenters. The van der Waals surface area contributed by atoms with E-state index in [1.54, 1.807) is 32.9 Å². The van der Waals surface area contributed by atoms with E-state index in [4.69, 9.17) is 0 Å². The van der Waals surface area contributed by atoms with Crippen LogP contribution in [0.3, 0.4) is 0 Å². The van der Waals surface area contributed by atoms with E-state index in [0.29, 0.717) is 18.7 Å². The van der Waals surface area contributed by atoms with Crippen LogP contribution >= 0.6 is 0 Å². The Morgan fingerprint density at radius 1 is 1.05 bits per heavy atom. The number of nitrogens with one attached hydrogen (secondary N) is 1. The van der Waals surface area contributed by atoms with Crippen molar-refractivity contribution >= 4 is 20.0 Å². The van der Waals surface area contributed by atoms with E-state index in [-0.39, 0.29) is 17.2 Å². The number of hydrogen-bond donors (Lipinski definition) is 1. The van der Waals surface area contributed by atoms with Crippen LogP contribution in [0.5, 0.6) is 0 Å². The zero-order valence-electron chi connectivity index (χ0n) is 13.5. The molecule has 0 aliphatic carbocycles. The van der Waals surface area contributed by atoms with Crippen LogP contribution in [0, 0.1) is 13.8 Å². The zero-order valence-corrected chi connectivity index (χ0v) is 15.1. The summed E-state index contributed by atoms with van der Waals surface area (Å²) in [5, 5.41) is 0. The van der Waals surface area contributed by atoms with Crippen molar-refractivity contribution in [1.82, 2.24) is 9.03 Å². The van der Waals surface area contributed by atoms with Gasteiger partial charge < -0.3 is 0 Å². The third-order valence-corrected chi connectivity index (χ3v) is 7.01. The molecule has 0 saturated heterocycles. The van der Waals surface area contributed by atoms with E-state index in [2.05, 4.69) is 4.72 Å². The van der Waals surface area contributed by atoms with Gasteiger partial charge in [-0.2, -0.15) is 0 Å². The molecule has 22 heavy (non-hydrogen) atoms. The molecule has 0 aliphatic heterocycles. The summed E-state index contributed by atoms with van der Waals surface area (Å²) in [5.41, 5.74) is 1.46. The molecule has 1 aromatic carbocycles. The maximum atomic E-state index is 12.3. The van der Waals surface area contributed by atoms with Crippen molar-refractivity contribution in [3.63, 3.8) is 0 Å². The van der Waals surface area contributed by atoms with Crippen LogP contribution in [0.2, 0.25) is 0 Å². The molecule has 0 fully saturated rings. The number of sulfonamides is 2. The van der Waals surface area contributed by atoms with Gasteiger partial charge >= 0.3 is 0 Å². The molecular weight excluding hydrogens is 324 g/mol. The monoisotopic (exact) mass is 348 g/mol. The molecule has 6 nitrogen and oxygen atoms in total. The van der Waals surface area contributed by atoms with Gasteiger partial charge in [0.1, 0.15) is 0 Å². The van der Waals surface area contributed by atoms with E-state index in [1.807, 2.05) is 13.0 Å². The van der Waals surface area contributed by atoms with E-state index in [0.717, 1.165) is 5.56 Å². The topological polar surface area (TPSA) is 83.6 Å². The molecule has 0 radical (unpaired) electrons. The number of rotatable bonds is 8. The average molecular weight is 348 g/mol. The number of nitrogens with zero attached hydrogens (tertiary/aromatic N) is 1. The molecule has 1 aromatic rings. The molecule has 1 N–H and O–H groups in total. The largest absolute Gasteiger partial charge is 0.240 e. The lowest BCUT2D eigenvalue weighted by Gasteiger charge is -2.18. The summed E-state index contributed by atoms with van der Waals surface area (Å²) in [5.74, 6) is -0.251. The van der Waals surface area contributed by atoms with E-state index in [1.165, 1.54) is 4.31 Å². The van der Waals surface area contributed by atoms with Gasteiger partial charge in [0.25, 0.3) is 0 Å². The molecule has 0 saturated carbocycles. The van der Waals surface area contributed by atoms with Gasteiger partial charge in [0, 0.05) is 19.6 Å². The van der Waals surface area contributed by atoms with Gasteiger partial charge in [0.15, 0.2) is 0 Å². The highest BCUT2D eigenvalue weighted by molar-refractivity contribution is 7.90. The van der Waals surface area contributed by atoms with Gasteiger partial charge in [0.05, 0.1) is 10.6 Å². The SMILES string of the molecule is CCN(CC)S(=O)(=O)CCNS(=O)(=O)c1cc(C)ccc1C. The first-order chi connectivity index (χ1) is 10.1. The molecular formula is C14H24N2O4S2. The van der Waals surface area contributed by atoms with Gasteiger partial charge in [-0.25, -0.2) is 25.9 Å². The number of hydrogen-bond acceptors (Lipinski definition) is 4. The van der Waals surface area contributed by atoms with Crippen molar-refractivity contribution in [3.8, 4) is 0 Å². The molecule has 0 amide bonds. The van der Waals surface area contributed by atoms with E-state index >= 15 is 0 Å². The second kappa shape index (κ2) is 7.54. The van der Waals surface area contributed by atoms with Crippen LogP contribution < -0.4 is 4.72 Å². The van der Waals surface area contributed by atoms with Crippen molar-refractivity contribution in [3.05, 3.63) is 29.3 Å². The quantitative estimate of drug-likeness (QED) is 0.766. The van der Waals surface area contributed by atoms with Crippen LogP contribution in [-0.2, 0) is 20.0 Å². The average Bonchev–Trinajstić information content (AvgIpc) is 2.42. The Bertz CT molecular complexity index is 708. The standard InChI is InChI=1S/C14H24N2O4S2/c1-5-16(6-2)21(17,18)10-9-15-22(19,20)14-11-12(3)7-8-13(14)4/h7-8,11,15H,5-6,9-10H2,1-4H3. The van der Waals surface area contributed by atoms with Crippen molar-refractivity contribution in [1.29, 1.82) is 0 Å². The maximum absolute atomic E-state index is 12.3. The minimum absolute atomic E-state index is 0.144. The second-order valence-corrected chi connectivity index (χ2v) is 8.89. The van der Waals surface area contributed by atoms with Gasteiger partial charge in [-0.1, -0.05) is 26.0 Å². The summed E-state index contributed by atoms with van der Waals surface area (Å²) in [6, 6.07) is 5.15. The number of aryl methyl sites for hydroxylation is 2. The summed E-state index contributed by atoms with van der Waals surface area (Å²) in [6.07, 6.45) is 0. The normalized spacial score (nSPS) is 12.8. The van der Waals surface area contributed by atoms with Gasteiger partial charge in [-0.3, -0.25) is 0 Å². The molecule has 1 rings (SSSR count). The lowest BCUT2D eigenvalue weighted by molar-refractivity contribution is 0.445. The second-order valence-electron chi connectivity index (χ2n) is 5.07. The maximum Gasteiger partial charge on any atom is 0.240 e. The molecule has 0 spiro atoms. The van der Waals surface area contributed by atoms with Crippen molar-refractivity contribution in [2.24, 2.45) is 0 Å². The Morgan fingerprint density at radius 2 is 1.64 bits per heavy atom. The van der Waals surface area contributed by atoms with E-state index < -0.39 is 20.0 Å². The van der Waals surface area contributed by atoms with Crippen molar-refractivity contribution in [2.45, 2.75) is 32.6 Å². The Morgan fingerprint density at radius 3 is 2.18 bits per heavy atom. The smallest absolute Gasteiger partial charge is 0.212 e. The lowest BCUT2D eigenvalue weighted by Crippen LogP contribution is -2.37. The van der Waals surface area contributed by atoms with Crippen molar-refractivity contribution in [2.75, 3.05) is 25.4 Å². The molecule has 126 valence electrons. The third-order valence-electron chi connectivity index (χ3n) is 3.38. The number of benzene rings is 1. The fraction of sp³-hybridized carbons (Fsp3) is 0.571. The summed E-state index contributed by atoms with van der Waals surface area (Å²) in [7, 11) is -7.15. The van der Waals surface area contributed by atoms with Crippen LogP contribution in [0.25, 0.3) is 0 Å². The zero-order chi connectivity index (χ0) is 17.0. The molecule has 0 aromatic heterocycles. The predicted octanol–water partition coefficient (Wildman–Crippen LogP) is 1.25. The molecule has 0 heterocycles. The fourth-order valence-electron chi connectivity index (χ4n) is 2.13. The lowest BCUT2D eigenvalue weighted by atomic mass is 10.2. The highest BCUT2D eigenvalue weighted by Crippen LogP contribution is 2.16. The first-order valence-electron chi connectivity index (χ1n) is 7.18. The van der Waals surface area contributed by atoms with Gasteiger partial charge in [-0.15, -0.1) is 0 Å². The highest BCUT2D eigenvalue weighted by Gasteiger charge is 2.21. The third kappa shape index (κ3) is 4.77. The Hall–Kier alpha value is -0.960. The fourth-order valence-corrected chi connectivity index (χ4v) is 5.02. The van der Waals surface area contributed by atoms with Crippen molar-refractivity contribution < 1.29 is 16.8 Å². The highest BCUT2D eigenvalue weighted by atomic mass is 32.2. The minimum Gasteiger partial charge on any atom is -0.212 e. The molecule has 0 bridgehead atoms. The Balaban J connectivity index is 2.81. The molecule has 0 atom stereocenters. The van der Waals surface area contributed by atoms with Crippen LogP contribution in [0.4, 0.5) is 0 Å². The first kappa shape index (κ1) is 19.1. The van der Waals surface area contributed by atoms with Gasteiger partial charge in [0.2, 0.25) is 20.0 Å². The summed E-state index contributed by atoms with van der Waals surface area (Å²) in [4.78, 5) is 0.188. The Kier molecular flexibility index (Phi) is 6.54. The van der Waals surface area contributed by atoms with E-state index in [9.17, 15) is 16.8 Å². The molecule has 0 aliphatic rings. The van der Waals surface area contributed by atoms with Crippen LogP contribution in [-0.4, -0.2) is 46.5 Å². The summed E-state index contributed by atoms with van der Waals surface area (Å²) < 4.78 is 52.3. The summed E-state index contributed by atoms with van der Waals surface area (Å²) in [6.45, 7) is 7.63. The Labute approximate surface area is 133 Å².